The lowest BCUT2D eigenvalue weighted by Gasteiger charge is -2.29. The highest BCUT2D eigenvalue weighted by Gasteiger charge is 2.37. The third kappa shape index (κ3) is 2.90. The van der Waals surface area contributed by atoms with E-state index in [9.17, 15) is 0 Å². The van der Waals surface area contributed by atoms with Crippen LogP contribution in [0, 0.1) is 0 Å². The fourth-order valence-corrected chi connectivity index (χ4v) is 3.73. The first kappa shape index (κ1) is 11.3. The number of nitrogens with one attached hydrogen (secondary N) is 1. The molecule has 0 atom stereocenters. The smallest absolute Gasteiger partial charge is 0.157 e. The lowest BCUT2D eigenvalue weighted by molar-refractivity contribution is 0.334. The van der Waals surface area contributed by atoms with Gasteiger partial charge in [0.2, 0.25) is 0 Å². The van der Waals surface area contributed by atoms with Crippen molar-refractivity contribution in [3.8, 4) is 0 Å². The van der Waals surface area contributed by atoms with Gasteiger partial charge >= 0.3 is 0 Å². The highest BCUT2D eigenvalue weighted by atomic mass is 32.2. The molecule has 1 heterocycles. The first-order valence-electron chi connectivity index (χ1n) is 6.00. The number of aliphatic imine (C=N–C) groups is 1. The number of hydrogen-bond acceptors (Lipinski definition) is 3. The van der Waals surface area contributed by atoms with Gasteiger partial charge in [0.25, 0.3) is 0 Å². The molecule has 0 unspecified atom stereocenters. The van der Waals surface area contributed by atoms with Gasteiger partial charge in [-0.3, -0.25) is 4.99 Å². The fraction of sp³-hybridized carbons (Fsp3) is 0.917. The van der Waals surface area contributed by atoms with Crippen LogP contribution in [0.3, 0.4) is 0 Å². The molecule has 0 aromatic heterocycles. The second kappa shape index (κ2) is 4.00. The second-order valence-electron chi connectivity index (χ2n) is 5.87. The zero-order chi connectivity index (χ0) is 10.9. The molecule has 0 bridgehead atoms. The Balaban J connectivity index is 2.01. The minimum atomic E-state index is 0.145. The largest absolute Gasteiger partial charge is 0.360 e. The first-order valence-corrected chi connectivity index (χ1v) is 6.99. The van der Waals surface area contributed by atoms with E-state index in [2.05, 4.69) is 26.1 Å². The van der Waals surface area contributed by atoms with Crippen LogP contribution in [0.2, 0.25) is 0 Å². The molecule has 0 amide bonds. The maximum atomic E-state index is 4.93. The van der Waals surface area contributed by atoms with Gasteiger partial charge in [-0.1, -0.05) is 31.0 Å². The first-order chi connectivity index (χ1) is 6.99. The van der Waals surface area contributed by atoms with E-state index in [-0.39, 0.29) is 5.54 Å². The van der Waals surface area contributed by atoms with Gasteiger partial charge in [-0.15, -0.1) is 0 Å². The Morgan fingerprint density at radius 1 is 1.20 bits per heavy atom. The molecule has 1 saturated carbocycles. The van der Waals surface area contributed by atoms with Crippen molar-refractivity contribution in [2.24, 2.45) is 4.99 Å². The van der Waals surface area contributed by atoms with Crippen molar-refractivity contribution in [2.45, 2.75) is 64.0 Å². The van der Waals surface area contributed by atoms with Crippen LogP contribution in [0.4, 0.5) is 0 Å². The SMILES string of the molecule is CC(C)(C)NC1=NC2(CCCCC2)CS1. The predicted octanol–water partition coefficient (Wildman–Crippen LogP) is 3.18. The molecule has 1 fully saturated rings. The normalized spacial score (nSPS) is 25.4. The Morgan fingerprint density at radius 3 is 2.47 bits per heavy atom. The Morgan fingerprint density at radius 2 is 1.87 bits per heavy atom. The monoisotopic (exact) mass is 226 g/mol. The van der Waals surface area contributed by atoms with Crippen molar-refractivity contribution in [1.29, 1.82) is 0 Å². The highest BCUT2D eigenvalue weighted by molar-refractivity contribution is 8.14. The van der Waals surface area contributed by atoms with E-state index in [1.807, 2.05) is 11.8 Å². The van der Waals surface area contributed by atoms with E-state index < -0.39 is 0 Å². The lowest BCUT2D eigenvalue weighted by Crippen LogP contribution is -2.39. The molecule has 0 aromatic rings. The van der Waals surface area contributed by atoms with Crippen molar-refractivity contribution in [2.75, 3.05) is 5.75 Å². The van der Waals surface area contributed by atoms with Crippen LogP contribution in [-0.2, 0) is 0 Å². The van der Waals surface area contributed by atoms with Gasteiger partial charge in [0.05, 0.1) is 5.54 Å². The summed E-state index contributed by atoms with van der Waals surface area (Å²) in [5.41, 5.74) is 0.447. The summed E-state index contributed by atoms with van der Waals surface area (Å²) in [5, 5.41) is 4.67. The van der Waals surface area contributed by atoms with Gasteiger partial charge in [0.15, 0.2) is 5.17 Å². The second-order valence-corrected chi connectivity index (χ2v) is 6.83. The van der Waals surface area contributed by atoms with Gasteiger partial charge in [0.1, 0.15) is 0 Å². The quantitative estimate of drug-likeness (QED) is 0.686. The average molecular weight is 226 g/mol. The minimum Gasteiger partial charge on any atom is -0.360 e. The highest BCUT2D eigenvalue weighted by Crippen LogP contribution is 2.39. The molecule has 86 valence electrons. The molecule has 1 spiro atoms. The Labute approximate surface area is 97.3 Å². The summed E-state index contributed by atoms with van der Waals surface area (Å²) in [5.74, 6) is 1.20. The summed E-state index contributed by atoms with van der Waals surface area (Å²) in [6, 6.07) is 0. The molecule has 2 aliphatic rings. The number of thioether (sulfide) groups is 1. The molecule has 1 aliphatic carbocycles. The summed E-state index contributed by atoms with van der Waals surface area (Å²) in [4.78, 5) is 4.93. The van der Waals surface area contributed by atoms with E-state index in [4.69, 9.17) is 4.99 Å². The van der Waals surface area contributed by atoms with E-state index in [1.54, 1.807) is 0 Å². The summed E-state index contributed by atoms with van der Waals surface area (Å²) >= 11 is 1.91. The number of amidine groups is 1. The molecule has 1 aliphatic heterocycles. The van der Waals surface area contributed by atoms with Gasteiger partial charge < -0.3 is 5.32 Å². The van der Waals surface area contributed by atoms with Crippen LogP contribution in [0.25, 0.3) is 0 Å². The Bertz CT molecular complexity index is 259. The van der Waals surface area contributed by atoms with Gasteiger partial charge in [-0.2, -0.15) is 0 Å². The minimum absolute atomic E-state index is 0.145. The maximum Gasteiger partial charge on any atom is 0.157 e. The van der Waals surface area contributed by atoms with E-state index in [0.29, 0.717) is 5.54 Å². The average Bonchev–Trinajstić information content (AvgIpc) is 2.47. The van der Waals surface area contributed by atoms with Crippen LogP contribution >= 0.6 is 11.8 Å². The van der Waals surface area contributed by atoms with Crippen LogP contribution < -0.4 is 5.32 Å². The van der Waals surface area contributed by atoms with E-state index >= 15 is 0 Å². The molecule has 1 N–H and O–H groups in total. The molecule has 3 heteroatoms. The van der Waals surface area contributed by atoms with Crippen molar-refractivity contribution >= 4 is 16.9 Å². The summed E-state index contributed by atoms with van der Waals surface area (Å²) in [7, 11) is 0. The van der Waals surface area contributed by atoms with Crippen LogP contribution in [-0.4, -0.2) is 22.0 Å². The standard InChI is InChI=1S/C12H22N2S/c1-11(2,3)13-10-14-12(9-15-10)7-5-4-6-8-12/h4-9H2,1-3H3,(H,13,14). The zero-order valence-corrected chi connectivity index (χ0v) is 10.9. The summed E-state index contributed by atoms with van der Waals surface area (Å²) in [6.07, 6.45) is 6.74. The molecular weight excluding hydrogens is 204 g/mol. The molecule has 15 heavy (non-hydrogen) atoms. The van der Waals surface area contributed by atoms with Crippen molar-refractivity contribution in [3.05, 3.63) is 0 Å². The van der Waals surface area contributed by atoms with Gasteiger partial charge in [0, 0.05) is 11.3 Å². The number of rotatable bonds is 0. The Kier molecular flexibility index (Phi) is 3.02. The molecule has 0 aromatic carbocycles. The molecular formula is C12H22N2S. The third-order valence-corrected chi connectivity index (χ3v) is 4.23. The van der Waals surface area contributed by atoms with Gasteiger partial charge in [-0.25, -0.2) is 0 Å². The van der Waals surface area contributed by atoms with Crippen LogP contribution in [0.5, 0.6) is 0 Å². The summed E-state index contributed by atoms with van der Waals surface area (Å²) in [6.45, 7) is 6.59. The predicted molar refractivity (Wildman–Crippen MR) is 68.6 cm³/mol. The topological polar surface area (TPSA) is 24.4 Å². The van der Waals surface area contributed by atoms with Crippen molar-refractivity contribution in [3.63, 3.8) is 0 Å². The summed E-state index contributed by atoms with van der Waals surface area (Å²) < 4.78 is 0. The number of nitrogens with zero attached hydrogens (tertiary/aromatic N) is 1. The molecule has 2 nitrogen and oxygen atoms in total. The van der Waals surface area contributed by atoms with Gasteiger partial charge in [-0.05, 0) is 33.6 Å². The third-order valence-electron chi connectivity index (χ3n) is 3.08. The van der Waals surface area contributed by atoms with Crippen LogP contribution in [0.15, 0.2) is 4.99 Å². The molecule has 2 rings (SSSR count). The Hall–Kier alpha value is -0.180. The van der Waals surface area contributed by atoms with Crippen molar-refractivity contribution < 1.29 is 0 Å². The zero-order valence-electron chi connectivity index (χ0n) is 10.1. The number of hydrogen-bond donors (Lipinski definition) is 1. The van der Waals surface area contributed by atoms with Crippen molar-refractivity contribution in [1.82, 2.24) is 5.32 Å². The van der Waals surface area contributed by atoms with E-state index in [0.717, 1.165) is 0 Å². The van der Waals surface area contributed by atoms with Crippen LogP contribution in [0.1, 0.15) is 52.9 Å². The molecule has 0 saturated heterocycles. The van der Waals surface area contributed by atoms with E-state index in [1.165, 1.54) is 43.0 Å². The molecule has 0 radical (unpaired) electrons. The lowest BCUT2D eigenvalue weighted by atomic mass is 9.84. The fourth-order valence-electron chi connectivity index (χ4n) is 2.33. The maximum absolute atomic E-state index is 4.93.